The van der Waals surface area contributed by atoms with Crippen molar-refractivity contribution in [1.82, 2.24) is 10.6 Å². The van der Waals surface area contributed by atoms with Crippen molar-refractivity contribution in [2.45, 2.75) is 52.6 Å². The molecular formula is C19H33N3OS. The van der Waals surface area contributed by atoms with Gasteiger partial charge >= 0.3 is 0 Å². The Balaban J connectivity index is 1.82. The van der Waals surface area contributed by atoms with Crippen LogP contribution in [0.1, 0.15) is 51.3 Å². The molecule has 1 aliphatic heterocycles. The van der Waals surface area contributed by atoms with Gasteiger partial charge in [-0.3, -0.25) is 4.99 Å². The molecule has 0 bridgehead atoms. The predicted molar refractivity (Wildman–Crippen MR) is 104 cm³/mol. The molecule has 2 rings (SSSR count). The van der Waals surface area contributed by atoms with Gasteiger partial charge in [0, 0.05) is 43.5 Å². The summed E-state index contributed by atoms with van der Waals surface area (Å²) in [4.78, 5) is 5.78. The molecule has 0 aliphatic carbocycles. The average molecular weight is 352 g/mol. The van der Waals surface area contributed by atoms with E-state index in [4.69, 9.17) is 4.74 Å². The zero-order valence-corrected chi connectivity index (χ0v) is 16.6. The predicted octanol–water partition coefficient (Wildman–Crippen LogP) is 3.86. The Hall–Kier alpha value is -1.07. The van der Waals surface area contributed by atoms with Gasteiger partial charge in [0.15, 0.2) is 5.96 Å². The lowest BCUT2D eigenvalue weighted by Gasteiger charge is -2.40. The topological polar surface area (TPSA) is 45.7 Å². The largest absolute Gasteiger partial charge is 0.377 e. The fraction of sp³-hybridized carbons (Fsp3) is 0.737. The summed E-state index contributed by atoms with van der Waals surface area (Å²) in [5.41, 5.74) is 0.178. The van der Waals surface area contributed by atoms with Crippen molar-refractivity contribution in [1.29, 1.82) is 0 Å². The third kappa shape index (κ3) is 5.49. The summed E-state index contributed by atoms with van der Waals surface area (Å²) in [5, 5.41) is 9.09. The molecule has 2 heterocycles. The lowest BCUT2D eigenvalue weighted by molar-refractivity contribution is -0.0835. The van der Waals surface area contributed by atoms with Gasteiger partial charge in [0.1, 0.15) is 0 Å². The summed E-state index contributed by atoms with van der Waals surface area (Å²) in [7, 11) is 1.84. The van der Waals surface area contributed by atoms with Gasteiger partial charge in [-0.05, 0) is 29.7 Å². The third-order valence-electron chi connectivity index (χ3n) is 4.66. The normalized spacial score (nSPS) is 23.8. The minimum absolute atomic E-state index is 0.178. The summed E-state index contributed by atoms with van der Waals surface area (Å²) in [6, 6.07) is 4.31. The first-order chi connectivity index (χ1) is 11.4. The van der Waals surface area contributed by atoms with Gasteiger partial charge in [0.05, 0.1) is 6.10 Å². The van der Waals surface area contributed by atoms with Crippen LogP contribution in [0.4, 0.5) is 0 Å². The Morgan fingerprint density at radius 3 is 2.83 bits per heavy atom. The van der Waals surface area contributed by atoms with E-state index >= 15 is 0 Å². The molecule has 1 saturated heterocycles. The average Bonchev–Trinajstić information content (AvgIpc) is 3.09. The number of aliphatic imine (C=N–C) groups is 1. The molecule has 3 atom stereocenters. The molecular weight excluding hydrogens is 318 g/mol. The summed E-state index contributed by atoms with van der Waals surface area (Å²) >= 11 is 1.81. The number of hydrogen-bond donors (Lipinski definition) is 2. The van der Waals surface area contributed by atoms with E-state index in [2.05, 4.69) is 60.8 Å². The van der Waals surface area contributed by atoms with Crippen LogP contribution >= 0.6 is 11.3 Å². The van der Waals surface area contributed by atoms with Gasteiger partial charge in [-0.1, -0.05) is 33.8 Å². The summed E-state index contributed by atoms with van der Waals surface area (Å²) < 4.78 is 6.07. The maximum atomic E-state index is 6.07. The van der Waals surface area contributed by atoms with Crippen LogP contribution in [-0.4, -0.2) is 38.8 Å². The second kappa shape index (κ2) is 8.86. The van der Waals surface area contributed by atoms with Gasteiger partial charge in [0.25, 0.3) is 0 Å². The second-order valence-corrected chi connectivity index (χ2v) is 8.79. The quantitative estimate of drug-likeness (QED) is 0.625. The second-order valence-electron chi connectivity index (χ2n) is 7.81. The van der Waals surface area contributed by atoms with E-state index in [-0.39, 0.29) is 5.41 Å². The minimum atomic E-state index is 0.178. The lowest BCUT2D eigenvalue weighted by Crippen LogP contribution is -2.47. The highest BCUT2D eigenvalue weighted by atomic mass is 32.1. The van der Waals surface area contributed by atoms with Crippen LogP contribution in [0.15, 0.2) is 22.5 Å². The Bertz CT molecular complexity index is 507. The third-order valence-corrected chi connectivity index (χ3v) is 5.76. The van der Waals surface area contributed by atoms with Crippen LogP contribution in [0.3, 0.4) is 0 Å². The molecule has 0 spiro atoms. The number of guanidine groups is 1. The summed E-state index contributed by atoms with van der Waals surface area (Å²) in [5.74, 6) is 1.91. The molecule has 3 unspecified atom stereocenters. The molecule has 1 aromatic rings. The van der Waals surface area contributed by atoms with Crippen molar-refractivity contribution < 1.29 is 4.74 Å². The number of thiophene rings is 1. The first-order valence-electron chi connectivity index (χ1n) is 9.01. The van der Waals surface area contributed by atoms with E-state index in [1.165, 1.54) is 11.3 Å². The van der Waals surface area contributed by atoms with Crippen molar-refractivity contribution in [3.05, 3.63) is 22.4 Å². The molecule has 2 N–H and O–H groups in total. The number of rotatable bonds is 5. The van der Waals surface area contributed by atoms with Crippen molar-refractivity contribution >= 4 is 17.3 Å². The minimum Gasteiger partial charge on any atom is -0.377 e. The van der Waals surface area contributed by atoms with Crippen molar-refractivity contribution in [2.24, 2.45) is 16.3 Å². The Kier molecular flexibility index (Phi) is 7.11. The van der Waals surface area contributed by atoms with E-state index in [0.29, 0.717) is 17.9 Å². The van der Waals surface area contributed by atoms with Crippen LogP contribution in [0.2, 0.25) is 0 Å². The molecule has 0 aromatic carbocycles. The highest BCUT2D eigenvalue weighted by molar-refractivity contribution is 7.10. The van der Waals surface area contributed by atoms with Crippen molar-refractivity contribution in [3.63, 3.8) is 0 Å². The van der Waals surface area contributed by atoms with E-state index in [1.807, 2.05) is 18.4 Å². The number of nitrogens with one attached hydrogen (secondary N) is 2. The van der Waals surface area contributed by atoms with Gasteiger partial charge in [-0.25, -0.2) is 0 Å². The van der Waals surface area contributed by atoms with Gasteiger partial charge in [-0.2, -0.15) is 0 Å². The first kappa shape index (κ1) is 19.3. The van der Waals surface area contributed by atoms with Gasteiger partial charge in [0.2, 0.25) is 0 Å². The zero-order valence-electron chi connectivity index (χ0n) is 15.8. The molecule has 1 aromatic heterocycles. The highest BCUT2D eigenvalue weighted by Crippen LogP contribution is 2.33. The number of nitrogens with zero attached hydrogens (tertiary/aromatic N) is 1. The fourth-order valence-corrected chi connectivity index (χ4v) is 4.17. The maximum absolute atomic E-state index is 6.07. The van der Waals surface area contributed by atoms with Crippen molar-refractivity contribution in [3.8, 4) is 0 Å². The molecule has 4 nitrogen and oxygen atoms in total. The molecule has 24 heavy (non-hydrogen) atoms. The van der Waals surface area contributed by atoms with E-state index in [9.17, 15) is 0 Å². The summed E-state index contributed by atoms with van der Waals surface area (Å²) in [6.45, 7) is 11.8. The molecule has 0 radical (unpaired) electrons. The van der Waals surface area contributed by atoms with Crippen LogP contribution in [0, 0.1) is 11.3 Å². The Morgan fingerprint density at radius 1 is 1.42 bits per heavy atom. The van der Waals surface area contributed by atoms with Crippen LogP contribution in [0.25, 0.3) is 0 Å². The standard InChI is InChI=1S/C19H33N3OS/c1-14(16-9-7-11-24-16)12-21-18(20-5)22-13-15-8-6-10-23-17(15)19(2,3)4/h7,9,11,14-15,17H,6,8,10,12-13H2,1-5H3,(H2,20,21,22). The van der Waals surface area contributed by atoms with E-state index < -0.39 is 0 Å². The van der Waals surface area contributed by atoms with Gasteiger partial charge < -0.3 is 15.4 Å². The SMILES string of the molecule is CN=C(NCC(C)c1cccs1)NCC1CCCOC1C(C)(C)C. The lowest BCUT2D eigenvalue weighted by atomic mass is 9.78. The van der Waals surface area contributed by atoms with E-state index in [0.717, 1.165) is 32.1 Å². The monoisotopic (exact) mass is 351 g/mol. The number of ether oxygens (including phenoxy) is 1. The highest BCUT2D eigenvalue weighted by Gasteiger charge is 2.35. The van der Waals surface area contributed by atoms with Crippen molar-refractivity contribution in [2.75, 3.05) is 26.7 Å². The molecule has 5 heteroatoms. The molecule has 0 amide bonds. The van der Waals surface area contributed by atoms with Crippen LogP contribution in [-0.2, 0) is 4.74 Å². The van der Waals surface area contributed by atoms with E-state index in [1.54, 1.807) is 0 Å². The smallest absolute Gasteiger partial charge is 0.191 e. The maximum Gasteiger partial charge on any atom is 0.191 e. The molecule has 136 valence electrons. The fourth-order valence-electron chi connectivity index (χ4n) is 3.38. The summed E-state index contributed by atoms with van der Waals surface area (Å²) in [6.07, 6.45) is 2.68. The molecule has 0 saturated carbocycles. The van der Waals surface area contributed by atoms with Crippen LogP contribution in [0.5, 0.6) is 0 Å². The molecule has 1 fully saturated rings. The number of hydrogen-bond acceptors (Lipinski definition) is 3. The Morgan fingerprint density at radius 2 is 2.21 bits per heavy atom. The van der Waals surface area contributed by atoms with Gasteiger partial charge in [-0.15, -0.1) is 11.3 Å². The molecule has 1 aliphatic rings. The zero-order chi connectivity index (χ0) is 17.6. The first-order valence-corrected chi connectivity index (χ1v) is 9.89. The van der Waals surface area contributed by atoms with Crippen LogP contribution < -0.4 is 10.6 Å². The Labute approximate surface area is 151 Å².